The highest BCUT2D eigenvalue weighted by Gasteiger charge is 2.30. The molecule has 0 heterocycles. The molecule has 25 heavy (non-hydrogen) atoms. The normalized spacial score (nSPS) is 11.5. The molecular weight excluding hydrogens is 304 g/mol. The van der Waals surface area contributed by atoms with Crippen LogP contribution >= 0.6 is 0 Å². The molecule has 4 N–H and O–H groups in total. The second-order valence-electron chi connectivity index (χ2n) is 7.14. The van der Waals surface area contributed by atoms with E-state index in [2.05, 4.69) is 75.4 Å². The number of hydrogen-bond donors (Lipinski definition) is 2. The molecule has 128 valence electrons. The lowest BCUT2D eigenvalue weighted by molar-refractivity contribution is 0.567. The highest BCUT2D eigenvalue weighted by molar-refractivity contribution is 5.55. The Hall–Kier alpha value is -2.74. The number of aryl methyl sites for hydroxylation is 2. The largest absolute Gasteiger partial charge is 0.399 e. The highest BCUT2D eigenvalue weighted by atomic mass is 14.6. The molecule has 0 atom stereocenters. The van der Waals surface area contributed by atoms with E-state index in [0.717, 1.165) is 28.9 Å². The van der Waals surface area contributed by atoms with Gasteiger partial charge in [-0.3, -0.25) is 0 Å². The molecule has 0 saturated carbocycles. The predicted octanol–water partition coefficient (Wildman–Crippen LogP) is 5.02. The molecule has 0 bridgehead atoms. The van der Waals surface area contributed by atoms with Crippen molar-refractivity contribution in [1.82, 2.24) is 0 Å². The van der Waals surface area contributed by atoms with Crippen LogP contribution in [-0.4, -0.2) is 0 Å². The molecule has 0 aliphatic carbocycles. The Bertz CT molecular complexity index is 830. The van der Waals surface area contributed by atoms with Gasteiger partial charge in [0, 0.05) is 16.8 Å². The van der Waals surface area contributed by atoms with Crippen molar-refractivity contribution < 1.29 is 0 Å². The summed E-state index contributed by atoms with van der Waals surface area (Å²) in [5, 5.41) is 0. The van der Waals surface area contributed by atoms with E-state index in [9.17, 15) is 0 Å². The summed E-state index contributed by atoms with van der Waals surface area (Å²) in [6.45, 7) is 6.43. The van der Waals surface area contributed by atoms with Gasteiger partial charge in [-0.15, -0.1) is 0 Å². The minimum atomic E-state index is -0.154. The third-order valence-electron chi connectivity index (χ3n) is 5.21. The molecule has 0 amide bonds. The van der Waals surface area contributed by atoms with Gasteiger partial charge in [0.1, 0.15) is 0 Å². The molecule has 0 saturated heterocycles. The van der Waals surface area contributed by atoms with E-state index in [-0.39, 0.29) is 5.41 Å². The maximum Gasteiger partial charge on any atom is 0.0343 e. The van der Waals surface area contributed by atoms with Gasteiger partial charge in [0.2, 0.25) is 0 Å². The smallest absolute Gasteiger partial charge is 0.0343 e. The summed E-state index contributed by atoms with van der Waals surface area (Å²) in [4.78, 5) is 0. The first-order chi connectivity index (χ1) is 11.9. The van der Waals surface area contributed by atoms with E-state index < -0.39 is 0 Å². The molecule has 0 spiro atoms. The molecule has 0 fully saturated rings. The van der Waals surface area contributed by atoms with Crippen molar-refractivity contribution in [1.29, 1.82) is 0 Å². The van der Waals surface area contributed by atoms with Crippen molar-refractivity contribution in [2.24, 2.45) is 0 Å². The zero-order chi connectivity index (χ0) is 18.0. The first kappa shape index (κ1) is 17.1. The Morgan fingerprint density at radius 2 is 1.20 bits per heavy atom. The van der Waals surface area contributed by atoms with Crippen molar-refractivity contribution in [3.05, 3.63) is 94.5 Å². The number of hydrogen-bond acceptors (Lipinski definition) is 2. The fourth-order valence-corrected chi connectivity index (χ4v) is 3.41. The van der Waals surface area contributed by atoms with E-state index in [1.807, 2.05) is 12.1 Å². The molecule has 0 unspecified atom stereocenters. The Morgan fingerprint density at radius 3 is 1.64 bits per heavy atom. The molecule has 0 aromatic heterocycles. The van der Waals surface area contributed by atoms with Gasteiger partial charge in [-0.25, -0.2) is 0 Å². The maximum atomic E-state index is 6.05. The van der Waals surface area contributed by atoms with Gasteiger partial charge in [-0.1, -0.05) is 61.5 Å². The van der Waals surface area contributed by atoms with Gasteiger partial charge in [0.05, 0.1) is 0 Å². The van der Waals surface area contributed by atoms with Gasteiger partial charge in [-0.05, 0) is 60.2 Å². The number of nitrogen functional groups attached to an aromatic ring is 2. The zero-order valence-electron chi connectivity index (χ0n) is 15.2. The average molecular weight is 330 g/mol. The standard InChI is InChI=1S/C23H26N2/c1-16-13-19(9-11-21(16)24)23(3,15-18-7-5-4-6-8-18)20-10-12-22(25)17(2)14-20/h4-14H,15,24-25H2,1-3H3. The number of nitrogens with two attached hydrogens (primary N) is 2. The molecule has 3 aromatic carbocycles. The van der Waals surface area contributed by atoms with Crippen molar-refractivity contribution in [3.8, 4) is 0 Å². The molecule has 0 aliphatic heterocycles. The monoisotopic (exact) mass is 330 g/mol. The highest BCUT2D eigenvalue weighted by Crippen LogP contribution is 2.37. The Kier molecular flexibility index (Phi) is 4.54. The number of benzene rings is 3. The second kappa shape index (κ2) is 6.64. The van der Waals surface area contributed by atoms with Crippen LogP contribution in [0.15, 0.2) is 66.7 Å². The van der Waals surface area contributed by atoms with Crippen LogP contribution in [0.2, 0.25) is 0 Å². The number of rotatable bonds is 4. The minimum absolute atomic E-state index is 0.154. The first-order valence-electron chi connectivity index (χ1n) is 8.67. The molecule has 0 radical (unpaired) electrons. The van der Waals surface area contributed by atoms with Crippen molar-refractivity contribution in [2.75, 3.05) is 11.5 Å². The van der Waals surface area contributed by atoms with Crippen LogP contribution in [0.3, 0.4) is 0 Å². The third kappa shape index (κ3) is 3.39. The summed E-state index contributed by atoms with van der Waals surface area (Å²) < 4.78 is 0. The van der Waals surface area contributed by atoms with Crippen LogP contribution < -0.4 is 11.5 Å². The summed E-state index contributed by atoms with van der Waals surface area (Å²) in [7, 11) is 0. The Labute approximate surface area is 150 Å². The van der Waals surface area contributed by atoms with Gasteiger partial charge in [0.25, 0.3) is 0 Å². The van der Waals surface area contributed by atoms with E-state index in [0.29, 0.717) is 0 Å². The van der Waals surface area contributed by atoms with E-state index >= 15 is 0 Å². The maximum absolute atomic E-state index is 6.05. The fourth-order valence-electron chi connectivity index (χ4n) is 3.41. The van der Waals surface area contributed by atoms with Gasteiger partial charge < -0.3 is 11.5 Å². The van der Waals surface area contributed by atoms with Crippen molar-refractivity contribution in [2.45, 2.75) is 32.6 Å². The first-order valence-corrected chi connectivity index (χ1v) is 8.67. The lowest BCUT2D eigenvalue weighted by Gasteiger charge is -2.32. The third-order valence-corrected chi connectivity index (χ3v) is 5.21. The van der Waals surface area contributed by atoms with Gasteiger partial charge in [-0.2, -0.15) is 0 Å². The van der Waals surface area contributed by atoms with E-state index in [1.54, 1.807) is 0 Å². The average Bonchev–Trinajstić information content (AvgIpc) is 2.60. The topological polar surface area (TPSA) is 52.0 Å². The SMILES string of the molecule is Cc1cc(C(C)(Cc2ccccc2)c2ccc(N)c(C)c2)ccc1N. The lowest BCUT2D eigenvalue weighted by Crippen LogP contribution is -2.27. The zero-order valence-corrected chi connectivity index (χ0v) is 15.2. The summed E-state index contributed by atoms with van der Waals surface area (Å²) in [6.07, 6.45) is 0.917. The minimum Gasteiger partial charge on any atom is -0.399 e. The summed E-state index contributed by atoms with van der Waals surface area (Å²) in [5.41, 5.74) is 19.7. The Balaban J connectivity index is 2.15. The van der Waals surface area contributed by atoms with Crippen LogP contribution in [0.5, 0.6) is 0 Å². The van der Waals surface area contributed by atoms with Gasteiger partial charge >= 0.3 is 0 Å². The quantitative estimate of drug-likeness (QED) is 0.660. The molecule has 2 nitrogen and oxygen atoms in total. The lowest BCUT2D eigenvalue weighted by atomic mass is 9.71. The van der Waals surface area contributed by atoms with Crippen LogP contribution in [0.1, 0.15) is 34.7 Å². The van der Waals surface area contributed by atoms with Crippen molar-refractivity contribution in [3.63, 3.8) is 0 Å². The molecule has 3 aromatic rings. The van der Waals surface area contributed by atoms with Gasteiger partial charge in [0.15, 0.2) is 0 Å². The molecular formula is C23H26N2. The fraction of sp³-hybridized carbons (Fsp3) is 0.217. The Morgan fingerprint density at radius 1 is 0.720 bits per heavy atom. The van der Waals surface area contributed by atoms with Crippen LogP contribution in [-0.2, 0) is 11.8 Å². The van der Waals surface area contributed by atoms with Crippen molar-refractivity contribution >= 4 is 11.4 Å². The van der Waals surface area contributed by atoms with Crippen LogP contribution in [0, 0.1) is 13.8 Å². The molecule has 0 aliphatic rings. The summed E-state index contributed by atoms with van der Waals surface area (Å²) >= 11 is 0. The van der Waals surface area contributed by atoms with Crippen LogP contribution in [0.4, 0.5) is 11.4 Å². The molecule has 2 heteroatoms. The van der Waals surface area contributed by atoms with Crippen LogP contribution in [0.25, 0.3) is 0 Å². The molecule has 3 rings (SSSR count). The van der Waals surface area contributed by atoms with E-state index in [1.165, 1.54) is 16.7 Å². The number of anilines is 2. The van der Waals surface area contributed by atoms with E-state index in [4.69, 9.17) is 11.5 Å². The predicted molar refractivity (Wildman–Crippen MR) is 108 cm³/mol. The summed E-state index contributed by atoms with van der Waals surface area (Å²) in [6, 6.07) is 23.4. The summed E-state index contributed by atoms with van der Waals surface area (Å²) in [5.74, 6) is 0. The second-order valence-corrected chi connectivity index (χ2v) is 7.14.